The second-order valence-corrected chi connectivity index (χ2v) is 5.53. The molecule has 0 bridgehead atoms. The predicted molar refractivity (Wildman–Crippen MR) is 82.0 cm³/mol. The summed E-state index contributed by atoms with van der Waals surface area (Å²) in [5, 5.41) is 10.5. The number of amides is 1. The molecule has 2 unspecified atom stereocenters. The molecule has 3 rings (SSSR count). The van der Waals surface area contributed by atoms with Crippen LogP contribution in [0.3, 0.4) is 0 Å². The monoisotopic (exact) mass is 284 g/mol. The van der Waals surface area contributed by atoms with Crippen LogP contribution in [0.15, 0.2) is 42.7 Å². The third-order valence-corrected chi connectivity index (χ3v) is 3.99. The van der Waals surface area contributed by atoms with Gasteiger partial charge < -0.3 is 10.6 Å². The Hall–Kier alpha value is -2.14. The molecule has 21 heavy (non-hydrogen) atoms. The Balaban J connectivity index is 1.60. The Morgan fingerprint density at radius 3 is 2.86 bits per heavy atom. The van der Waals surface area contributed by atoms with E-state index in [0.717, 1.165) is 30.8 Å². The summed E-state index contributed by atoms with van der Waals surface area (Å²) >= 11 is 0. The van der Waals surface area contributed by atoms with Crippen molar-refractivity contribution >= 4 is 11.6 Å². The van der Waals surface area contributed by atoms with Gasteiger partial charge in [0.1, 0.15) is 0 Å². The van der Waals surface area contributed by atoms with Gasteiger partial charge in [-0.25, -0.2) is 0 Å². The highest BCUT2D eigenvalue weighted by Gasteiger charge is 2.29. The Labute approximate surface area is 124 Å². The zero-order chi connectivity index (χ0) is 14.7. The van der Waals surface area contributed by atoms with E-state index in [1.165, 1.54) is 0 Å². The first kappa shape index (κ1) is 13.8. The number of carbonyl (C=O) groups excluding carboxylic acids is 1. The van der Waals surface area contributed by atoms with Crippen LogP contribution in [0, 0.1) is 5.92 Å². The lowest BCUT2D eigenvalue weighted by molar-refractivity contribution is -0.119. The number of nitrogens with zero attached hydrogens (tertiary/aromatic N) is 2. The SMILES string of the molecule is CC1NCCC1C(=O)Nc1ccc(Cn2cccn2)cc1. The first-order chi connectivity index (χ1) is 10.2. The van der Waals surface area contributed by atoms with Crippen LogP contribution in [0.1, 0.15) is 18.9 Å². The maximum Gasteiger partial charge on any atom is 0.229 e. The number of hydrogen-bond donors (Lipinski definition) is 2. The summed E-state index contributed by atoms with van der Waals surface area (Å²) in [7, 11) is 0. The molecular weight excluding hydrogens is 264 g/mol. The van der Waals surface area contributed by atoms with Gasteiger partial charge in [0.15, 0.2) is 0 Å². The standard InChI is InChI=1S/C16H20N4O/c1-12-15(7-9-17-12)16(21)19-14-5-3-13(4-6-14)11-20-10-2-8-18-20/h2-6,8,10,12,15,17H,7,9,11H2,1H3,(H,19,21). The van der Waals surface area contributed by atoms with Crippen LogP contribution in [0.5, 0.6) is 0 Å². The lowest BCUT2D eigenvalue weighted by Crippen LogP contribution is -2.32. The molecule has 1 amide bonds. The van der Waals surface area contributed by atoms with E-state index < -0.39 is 0 Å². The molecule has 0 saturated carbocycles. The van der Waals surface area contributed by atoms with Crippen molar-refractivity contribution in [3.8, 4) is 0 Å². The molecule has 1 aliphatic rings. The van der Waals surface area contributed by atoms with Crippen LogP contribution in [0.25, 0.3) is 0 Å². The lowest BCUT2D eigenvalue weighted by atomic mass is 10.0. The zero-order valence-corrected chi connectivity index (χ0v) is 12.1. The third kappa shape index (κ3) is 3.31. The fraction of sp³-hybridized carbons (Fsp3) is 0.375. The smallest absolute Gasteiger partial charge is 0.229 e. The van der Waals surface area contributed by atoms with Crippen LogP contribution in [0.4, 0.5) is 5.69 Å². The normalized spacial score (nSPS) is 21.4. The number of nitrogens with one attached hydrogen (secondary N) is 2. The molecule has 1 aliphatic heterocycles. The summed E-state index contributed by atoms with van der Waals surface area (Å²) < 4.78 is 1.87. The Morgan fingerprint density at radius 2 is 2.24 bits per heavy atom. The first-order valence-corrected chi connectivity index (χ1v) is 7.33. The summed E-state index contributed by atoms with van der Waals surface area (Å²) in [5.41, 5.74) is 2.01. The number of rotatable bonds is 4. The second-order valence-electron chi connectivity index (χ2n) is 5.53. The maximum atomic E-state index is 12.2. The van der Waals surface area contributed by atoms with Crippen molar-refractivity contribution in [2.24, 2.45) is 5.92 Å². The van der Waals surface area contributed by atoms with Gasteiger partial charge in [-0.1, -0.05) is 12.1 Å². The highest BCUT2D eigenvalue weighted by Crippen LogP contribution is 2.18. The van der Waals surface area contributed by atoms with Crippen molar-refractivity contribution in [3.63, 3.8) is 0 Å². The van der Waals surface area contributed by atoms with E-state index in [2.05, 4.69) is 22.7 Å². The summed E-state index contributed by atoms with van der Waals surface area (Å²) in [6.45, 7) is 3.72. The van der Waals surface area contributed by atoms with E-state index in [0.29, 0.717) is 0 Å². The molecule has 2 atom stereocenters. The van der Waals surface area contributed by atoms with Crippen molar-refractivity contribution in [2.75, 3.05) is 11.9 Å². The van der Waals surface area contributed by atoms with Gasteiger partial charge in [-0.15, -0.1) is 0 Å². The number of anilines is 1. The van der Waals surface area contributed by atoms with Gasteiger partial charge in [0, 0.05) is 24.1 Å². The van der Waals surface area contributed by atoms with E-state index in [1.807, 2.05) is 41.2 Å². The number of aromatic nitrogens is 2. The minimum Gasteiger partial charge on any atom is -0.326 e. The molecule has 110 valence electrons. The Kier molecular flexibility index (Phi) is 4.01. The molecule has 0 spiro atoms. The minimum atomic E-state index is 0.0637. The highest BCUT2D eigenvalue weighted by molar-refractivity contribution is 5.93. The van der Waals surface area contributed by atoms with E-state index in [-0.39, 0.29) is 17.9 Å². The topological polar surface area (TPSA) is 59.0 Å². The quantitative estimate of drug-likeness (QED) is 0.901. The molecule has 2 aromatic rings. The molecule has 1 aromatic heterocycles. The molecule has 2 heterocycles. The van der Waals surface area contributed by atoms with Crippen molar-refractivity contribution < 1.29 is 4.79 Å². The zero-order valence-electron chi connectivity index (χ0n) is 12.1. The number of benzene rings is 1. The predicted octanol–water partition coefficient (Wildman–Crippen LogP) is 1.87. The summed E-state index contributed by atoms with van der Waals surface area (Å²) in [4.78, 5) is 12.2. The molecule has 1 fully saturated rings. The van der Waals surface area contributed by atoms with E-state index in [4.69, 9.17) is 0 Å². The molecule has 5 nitrogen and oxygen atoms in total. The van der Waals surface area contributed by atoms with Gasteiger partial charge >= 0.3 is 0 Å². The van der Waals surface area contributed by atoms with E-state index in [1.54, 1.807) is 6.20 Å². The Bertz CT molecular complexity index is 591. The summed E-state index contributed by atoms with van der Waals surface area (Å²) in [6.07, 6.45) is 4.61. The first-order valence-electron chi connectivity index (χ1n) is 7.33. The van der Waals surface area contributed by atoms with Gasteiger partial charge in [0.25, 0.3) is 0 Å². The molecular formula is C16H20N4O. The number of carbonyl (C=O) groups is 1. The van der Waals surface area contributed by atoms with Gasteiger partial charge in [-0.3, -0.25) is 9.48 Å². The van der Waals surface area contributed by atoms with Crippen LogP contribution < -0.4 is 10.6 Å². The molecule has 0 aliphatic carbocycles. The van der Waals surface area contributed by atoms with Crippen LogP contribution in [0.2, 0.25) is 0 Å². The van der Waals surface area contributed by atoms with E-state index in [9.17, 15) is 4.79 Å². The fourth-order valence-electron chi connectivity index (χ4n) is 2.73. The average molecular weight is 284 g/mol. The van der Waals surface area contributed by atoms with Crippen molar-refractivity contribution in [1.82, 2.24) is 15.1 Å². The summed E-state index contributed by atoms with van der Waals surface area (Å²) in [6, 6.07) is 10.1. The maximum absolute atomic E-state index is 12.2. The Morgan fingerprint density at radius 1 is 1.43 bits per heavy atom. The fourth-order valence-corrected chi connectivity index (χ4v) is 2.73. The molecule has 2 N–H and O–H groups in total. The molecule has 1 aromatic carbocycles. The van der Waals surface area contributed by atoms with Crippen molar-refractivity contribution in [1.29, 1.82) is 0 Å². The van der Waals surface area contributed by atoms with Gasteiger partial charge in [-0.05, 0) is 43.7 Å². The minimum absolute atomic E-state index is 0.0637. The van der Waals surface area contributed by atoms with Crippen molar-refractivity contribution in [2.45, 2.75) is 25.9 Å². The molecule has 1 saturated heterocycles. The van der Waals surface area contributed by atoms with Crippen molar-refractivity contribution in [3.05, 3.63) is 48.3 Å². The largest absolute Gasteiger partial charge is 0.326 e. The molecule has 5 heteroatoms. The lowest BCUT2D eigenvalue weighted by Gasteiger charge is -2.15. The van der Waals surface area contributed by atoms with Crippen LogP contribution in [-0.4, -0.2) is 28.3 Å². The summed E-state index contributed by atoms with van der Waals surface area (Å²) in [5.74, 6) is 0.168. The van der Waals surface area contributed by atoms with Crippen LogP contribution >= 0.6 is 0 Å². The van der Waals surface area contributed by atoms with E-state index >= 15 is 0 Å². The second kappa shape index (κ2) is 6.10. The average Bonchev–Trinajstić information content (AvgIpc) is 3.12. The van der Waals surface area contributed by atoms with Gasteiger partial charge in [0.2, 0.25) is 5.91 Å². The number of hydrogen-bond acceptors (Lipinski definition) is 3. The van der Waals surface area contributed by atoms with Gasteiger partial charge in [0.05, 0.1) is 12.5 Å². The van der Waals surface area contributed by atoms with Gasteiger partial charge in [-0.2, -0.15) is 5.10 Å². The molecule has 0 radical (unpaired) electrons. The highest BCUT2D eigenvalue weighted by atomic mass is 16.1. The third-order valence-electron chi connectivity index (χ3n) is 3.99. The van der Waals surface area contributed by atoms with Crippen LogP contribution in [-0.2, 0) is 11.3 Å².